The van der Waals surface area contributed by atoms with Crippen LogP contribution in [0.3, 0.4) is 0 Å². The summed E-state index contributed by atoms with van der Waals surface area (Å²) in [5.74, 6) is 0.924. The molecule has 0 radical (unpaired) electrons. The van der Waals surface area contributed by atoms with Gasteiger partial charge in [-0.2, -0.15) is 5.10 Å². The number of nitrogens with zero attached hydrogens (tertiary/aromatic N) is 6. The molecule has 1 N–H and O–H groups in total. The Morgan fingerprint density at radius 1 is 1.11 bits per heavy atom. The molecule has 0 bridgehead atoms. The minimum absolute atomic E-state index is 0.0743. The molecule has 1 saturated heterocycles. The van der Waals surface area contributed by atoms with Crippen LogP contribution in [-0.4, -0.2) is 59.8 Å². The van der Waals surface area contributed by atoms with Gasteiger partial charge in [0.05, 0.1) is 5.52 Å². The highest BCUT2D eigenvalue weighted by molar-refractivity contribution is 9.10. The Kier molecular flexibility index (Phi) is 6.02. The van der Waals surface area contributed by atoms with Crippen molar-refractivity contribution < 1.29 is 14.4 Å². The van der Waals surface area contributed by atoms with Crippen molar-refractivity contribution in [1.29, 1.82) is 0 Å². The van der Waals surface area contributed by atoms with Crippen LogP contribution in [0, 0.1) is 18.8 Å². The molecule has 10 nitrogen and oxygen atoms in total. The average Bonchev–Trinajstić information content (AvgIpc) is 3.39. The van der Waals surface area contributed by atoms with E-state index in [9.17, 15) is 14.4 Å². The number of rotatable bonds is 6. The largest absolute Gasteiger partial charge is 0.328 e. The van der Waals surface area contributed by atoms with Crippen LogP contribution in [0.15, 0.2) is 53.4 Å². The van der Waals surface area contributed by atoms with E-state index in [4.69, 9.17) is 0 Å². The summed E-state index contributed by atoms with van der Waals surface area (Å²) in [5, 5.41) is 8.01. The summed E-state index contributed by atoms with van der Waals surface area (Å²) in [5.41, 5.74) is 2.63. The average molecular weight is 574 g/mol. The number of Topliss-reactive ketones (excluding diaryl/α,β-unsaturated/α-hetero) is 1. The van der Waals surface area contributed by atoms with Gasteiger partial charge in [0, 0.05) is 36.8 Å². The number of carbonyl (C=O) groups is 3. The maximum Gasteiger partial charge on any atom is 0.248 e. The maximum atomic E-state index is 13.5. The summed E-state index contributed by atoms with van der Waals surface area (Å²) in [7, 11) is 0. The van der Waals surface area contributed by atoms with Crippen molar-refractivity contribution >= 4 is 50.2 Å². The van der Waals surface area contributed by atoms with Crippen LogP contribution in [0.5, 0.6) is 0 Å². The summed E-state index contributed by atoms with van der Waals surface area (Å²) in [4.78, 5) is 53.6. The molecule has 38 heavy (non-hydrogen) atoms. The molecule has 4 aromatic rings. The second kappa shape index (κ2) is 9.39. The number of anilines is 1. The number of ketones is 1. The Balaban J connectivity index is 1.26. The quantitative estimate of drug-likeness (QED) is 0.276. The Hall–Kier alpha value is -3.99. The second-order valence-corrected chi connectivity index (χ2v) is 10.6. The first-order valence-electron chi connectivity index (χ1n) is 12.3. The fourth-order valence-corrected chi connectivity index (χ4v) is 5.58. The molecule has 2 fully saturated rings. The number of fused-ring (bicyclic) bond motifs is 2. The molecule has 1 aliphatic carbocycles. The van der Waals surface area contributed by atoms with Crippen LogP contribution in [0.2, 0.25) is 0 Å². The van der Waals surface area contributed by atoms with E-state index in [1.165, 1.54) is 6.92 Å². The van der Waals surface area contributed by atoms with Crippen molar-refractivity contribution in [3.8, 4) is 11.1 Å². The Labute approximate surface area is 226 Å². The van der Waals surface area contributed by atoms with E-state index in [1.54, 1.807) is 40.2 Å². The Bertz CT molecular complexity index is 1600. The fraction of sp³-hybridized carbons (Fsp3) is 0.296. The SMILES string of the molecule is CC(=O)c1nn(CC(=O)N2CC3CC3[C@H]2C(=O)Nc2cccc(Br)n2)c2ccc(-c3cnc(C)nc3)cc12. The third-order valence-electron chi connectivity index (χ3n) is 7.19. The van der Waals surface area contributed by atoms with Gasteiger partial charge in [0.25, 0.3) is 0 Å². The van der Waals surface area contributed by atoms with Crippen molar-refractivity contribution in [2.24, 2.45) is 11.8 Å². The van der Waals surface area contributed by atoms with E-state index in [2.05, 4.69) is 41.3 Å². The lowest BCUT2D eigenvalue weighted by molar-refractivity contribution is -0.138. The number of piperidine rings is 1. The van der Waals surface area contributed by atoms with E-state index in [0.717, 1.165) is 17.5 Å². The molecule has 192 valence electrons. The first kappa shape index (κ1) is 24.4. The molecule has 1 aromatic carbocycles. The van der Waals surface area contributed by atoms with E-state index in [0.29, 0.717) is 45.3 Å². The zero-order chi connectivity index (χ0) is 26.6. The first-order valence-corrected chi connectivity index (χ1v) is 13.1. The zero-order valence-electron chi connectivity index (χ0n) is 20.8. The van der Waals surface area contributed by atoms with Crippen LogP contribution < -0.4 is 5.32 Å². The van der Waals surface area contributed by atoms with Gasteiger partial charge in [-0.05, 0) is 70.9 Å². The summed E-state index contributed by atoms with van der Waals surface area (Å²) >= 11 is 3.31. The normalized spacial score (nSPS) is 19.9. The predicted molar refractivity (Wildman–Crippen MR) is 143 cm³/mol. The highest BCUT2D eigenvalue weighted by Crippen LogP contribution is 2.50. The van der Waals surface area contributed by atoms with Gasteiger partial charge in [0.2, 0.25) is 11.8 Å². The van der Waals surface area contributed by atoms with Crippen molar-refractivity contribution in [3.63, 3.8) is 0 Å². The number of hydrogen-bond donors (Lipinski definition) is 1. The molecular formula is C27H24BrN7O3. The monoisotopic (exact) mass is 573 g/mol. The Morgan fingerprint density at radius 3 is 2.63 bits per heavy atom. The molecule has 2 aliphatic rings. The predicted octanol–water partition coefficient (Wildman–Crippen LogP) is 3.65. The van der Waals surface area contributed by atoms with Crippen LogP contribution in [0.25, 0.3) is 22.0 Å². The number of pyridine rings is 1. The van der Waals surface area contributed by atoms with Gasteiger partial charge in [0.15, 0.2) is 5.78 Å². The minimum Gasteiger partial charge on any atom is -0.328 e. The Morgan fingerprint density at radius 2 is 1.89 bits per heavy atom. The van der Waals surface area contributed by atoms with Crippen LogP contribution in [0.1, 0.15) is 29.7 Å². The number of carbonyl (C=O) groups excluding carboxylic acids is 3. The van der Waals surface area contributed by atoms with Gasteiger partial charge in [-0.15, -0.1) is 0 Å². The lowest BCUT2D eigenvalue weighted by Gasteiger charge is -2.26. The van der Waals surface area contributed by atoms with Crippen LogP contribution >= 0.6 is 15.9 Å². The first-order chi connectivity index (χ1) is 18.3. The summed E-state index contributed by atoms with van der Waals surface area (Å²) in [6.07, 6.45) is 4.40. The van der Waals surface area contributed by atoms with Gasteiger partial charge in [0.1, 0.15) is 34.5 Å². The molecule has 4 heterocycles. The molecule has 1 aliphatic heterocycles. The fourth-order valence-electron chi connectivity index (χ4n) is 5.24. The number of halogens is 1. The highest BCUT2D eigenvalue weighted by Gasteiger charge is 2.56. The van der Waals surface area contributed by atoms with E-state index >= 15 is 0 Å². The number of hydrogen-bond acceptors (Lipinski definition) is 7. The molecule has 2 unspecified atom stereocenters. The standard InChI is InChI=1S/C27H24BrN7O3/c1-14(36)25-20-8-16(18-10-29-15(2)30-11-18)6-7-21(20)35(33-25)13-24(37)34-12-17-9-19(17)26(34)27(38)32-23-5-3-4-22(28)31-23/h3-8,10-11,17,19,26H,9,12-13H2,1-2H3,(H,31,32,38)/t17?,19?,26-/m0/s1. The third kappa shape index (κ3) is 4.47. The smallest absolute Gasteiger partial charge is 0.248 e. The number of aryl methyl sites for hydroxylation is 1. The molecule has 3 aromatic heterocycles. The van der Waals surface area contributed by atoms with Gasteiger partial charge >= 0.3 is 0 Å². The van der Waals surface area contributed by atoms with Crippen LogP contribution in [-0.2, 0) is 16.1 Å². The zero-order valence-corrected chi connectivity index (χ0v) is 22.3. The van der Waals surface area contributed by atoms with Crippen molar-refractivity contribution in [2.45, 2.75) is 32.9 Å². The highest BCUT2D eigenvalue weighted by atomic mass is 79.9. The summed E-state index contributed by atoms with van der Waals surface area (Å²) < 4.78 is 2.17. The third-order valence-corrected chi connectivity index (χ3v) is 7.63. The summed E-state index contributed by atoms with van der Waals surface area (Å²) in [6, 6.07) is 10.3. The topological polar surface area (TPSA) is 123 Å². The lowest BCUT2D eigenvalue weighted by atomic mass is 10.0. The maximum absolute atomic E-state index is 13.5. The number of likely N-dealkylation sites (tertiary alicyclic amines) is 1. The minimum atomic E-state index is -0.560. The molecule has 2 amide bonds. The van der Waals surface area contributed by atoms with Crippen molar-refractivity contribution in [1.82, 2.24) is 29.6 Å². The van der Waals surface area contributed by atoms with E-state index in [1.807, 2.05) is 25.1 Å². The van der Waals surface area contributed by atoms with Crippen LogP contribution in [0.4, 0.5) is 5.82 Å². The van der Waals surface area contributed by atoms with E-state index < -0.39 is 6.04 Å². The lowest BCUT2D eigenvalue weighted by Crippen LogP contribution is -2.47. The number of aromatic nitrogens is 5. The molecule has 1 saturated carbocycles. The molecule has 0 spiro atoms. The van der Waals surface area contributed by atoms with Gasteiger partial charge in [-0.1, -0.05) is 12.1 Å². The number of amides is 2. The molecule has 11 heteroatoms. The summed E-state index contributed by atoms with van der Waals surface area (Å²) in [6.45, 7) is 3.73. The van der Waals surface area contributed by atoms with Gasteiger partial charge in [-0.3, -0.25) is 19.1 Å². The van der Waals surface area contributed by atoms with Gasteiger partial charge in [-0.25, -0.2) is 15.0 Å². The second-order valence-electron chi connectivity index (χ2n) is 9.80. The molecule has 6 rings (SSSR count). The molecular weight excluding hydrogens is 550 g/mol. The van der Waals surface area contributed by atoms with Gasteiger partial charge < -0.3 is 10.2 Å². The van der Waals surface area contributed by atoms with E-state index in [-0.39, 0.29) is 30.1 Å². The van der Waals surface area contributed by atoms with Crippen molar-refractivity contribution in [2.75, 3.05) is 11.9 Å². The number of nitrogens with one attached hydrogen (secondary N) is 1. The molecule has 3 atom stereocenters. The van der Waals surface area contributed by atoms with Crippen molar-refractivity contribution in [3.05, 3.63) is 64.9 Å². The number of benzene rings is 1.